The Morgan fingerprint density at radius 1 is 1.47 bits per heavy atom. The Hall–Kier alpha value is -2.35. The molecule has 0 bridgehead atoms. The molecule has 0 aliphatic carbocycles. The number of anilines is 1. The first kappa shape index (κ1) is 12.7. The minimum atomic E-state index is -1.50. The third kappa shape index (κ3) is 5.05. The van der Waals surface area contributed by atoms with E-state index in [0.717, 1.165) is 0 Å². The number of nitrogens with one attached hydrogen (secondary N) is 1. The highest BCUT2D eigenvalue weighted by molar-refractivity contribution is 5.93. The van der Waals surface area contributed by atoms with Crippen LogP contribution in [0, 0.1) is 10.1 Å². The summed E-state index contributed by atoms with van der Waals surface area (Å²) in [5.74, 6) is 4.09. The first-order valence-electron chi connectivity index (χ1n) is 3.61. The zero-order chi connectivity index (χ0) is 11.8. The number of hydrazine groups is 1. The van der Waals surface area contributed by atoms with E-state index in [9.17, 15) is 4.79 Å². The van der Waals surface area contributed by atoms with Crippen molar-refractivity contribution in [3.8, 4) is 0 Å². The molecule has 0 saturated carbocycles. The summed E-state index contributed by atoms with van der Waals surface area (Å²) in [5, 5.41) is 22.2. The van der Waals surface area contributed by atoms with Gasteiger partial charge in [0.15, 0.2) is 0 Å². The molecule has 82 valence electrons. The molecule has 8 nitrogen and oxygen atoms in total. The van der Waals surface area contributed by atoms with E-state index < -0.39 is 11.1 Å². The van der Waals surface area contributed by atoms with Crippen LogP contribution in [-0.2, 0) is 0 Å². The van der Waals surface area contributed by atoms with Gasteiger partial charge in [-0.05, 0) is 12.1 Å². The molecule has 0 amide bonds. The Morgan fingerprint density at radius 2 is 1.93 bits per heavy atom. The maximum atomic E-state index is 10.5. The Bertz CT molecular complexity index is 350. The fourth-order valence-electron chi connectivity index (χ4n) is 0.795. The lowest BCUT2D eigenvalue weighted by Gasteiger charge is -2.02. The van der Waals surface area contributed by atoms with E-state index in [2.05, 4.69) is 5.43 Å². The zero-order valence-corrected chi connectivity index (χ0v) is 7.45. The highest BCUT2D eigenvalue weighted by Crippen LogP contribution is 2.12. The Balaban J connectivity index is 0.000000423. The second kappa shape index (κ2) is 6.16. The molecule has 5 N–H and O–H groups in total. The number of carboxylic acid groups (broad SMARTS) is 1. The van der Waals surface area contributed by atoms with E-state index in [1.807, 2.05) is 0 Å². The molecule has 1 aromatic carbocycles. The molecule has 15 heavy (non-hydrogen) atoms. The number of benzene rings is 1. The number of carbonyl (C=O) groups is 1. The van der Waals surface area contributed by atoms with Crippen LogP contribution in [0.25, 0.3) is 0 Å². The van der Waals surface area contributed by atoms with Crippen LogP contribution in [0.5, 0.6) is 0 Å². The van der Waals surface area contributed by atoms with Gasteiger partial charge in [-0.15, -0.1) is 10.1 Å². The number of nitrogens with two attached hydrogens (primary N) is 1. The van der Waals surface area contributed by atoms with Gasteiger partial charge in [-0.1, -0.05) is 12.1 Å². The summed E-state index contributed by atoms with van der Waals surface area (Å²) >= 11 is 0. The molecule has 0 atom stereocenters. The van der Waals surface area contributed by atoms with Gasteiger partial charge in [-0.3, -0.25) is 5.84 Å². The first-order chi connectivity index (χ1) is 6.99. The SMILES string of the molecule is NNc1ccccc1C(=O)O.O=[N+]([O-])O. The van der Waals surface area contributed by atoms with Crippen molar-refractivity contribution in [2.45, 2.75) is 0 Å². The highest BCUT2D eigenvalue weighted by atomic mass is 16.9. The van der Waals surface area contributed by atoms with Crippen LogP contribution in [0.15, 0.2) is 24.3 Å². The third-order valence-corrected chi connectivity index (χ3v) is 1.31. The van der Waals surface area contributed by atoms with Crippen LogP contribution < -0.4 is 11.3 Å². The van der Waals surface area contributed by atoms with Crippen molar-refractivity contribution in [2.24, 2.45) is 5.84 Å². The number of carboxylic acids is 1. The number of nitrogen functional groups attached to an aromatic ring is 1. The summed E-state index contributed by atoms with van der Waals surface area (Å²) < 4.78 is 0. The van der Waals surface area contributed by atoms with E-state index in [4.69, 9.17) is 26.3 Å². The zero-order valence-electron chi connectivity index (χ0n) is 7.45. The van der Waals surface area contributed by atoms with Gasteiger partial charge >= 0.3 is 5.97 Å². The smallest absolute Gasteiger partial charge is 0.337 e. The van der Waals surface area contributed by atoms with Gasteiger partial charge in [0, 0.05) is 0 Å². The van der Waals surface area contributed by atoms with Crippen molar-refractivity contribution >= 4 is 11.7 Å². The second-order valence-corrected chi connectivity index (χ2v) is 2.23. The summed E-state index contributed by atoms with van der Waals surface area (Å²) in [7, 11) is 0. The van der Waals surface area contributed by atoms with Gasteiger partial charge in [0.25, 0.3) is 5.09 Å². The van der Waals surface area contributed by atoms with Crippen molar-refractivity contribution in [3.63, 3.8) is 0 Å². The highest BCUT2D eigenvalue weighted by Gasteiger charge is 2.06. The number of para-hydroxylation sites is 1. The molecule has 0 aromatic heterocycles. The quantitative estimate of drug-likeness (QED) is 0.316. The van der Waals surface area contributed by atoms with Crippen LogP contribution >= 0.6 is 0 Å². The Labute approximate surface area is 84.0 Å². The summed E-state index contributed by atoms with van der Waals surface area (Å²) in [6, 6.07) is 6.44. The molecular weight excluding hydrogens is 206 g/mol. The lowest BCUT2D eigenvalue weighted by Crippen LogP contribution is -2.11. The van der Waals surface area contributed by atoms with Gasteiger partial charge in [0.05, 0.1) is 11.3 Å². The van der Waals surface area contributed by atoms with Crippen LogP contribution in [0.4, 0.5) is 5.69 Å². The second-order valence-electron chi connectivity index (χ2n) is 2.23. The number of aromatic carboxylic acids is 1. The van der Waals surface area contributed by atoms with E-state index in [1.165, 1.54) is 6.07 Å². The molecule has 1 aromatic rings. The molecule has 0 radical (unpaired) electrons. The number of rotatable bonds is 2. The fourth-order valence-corrected chi connectivity index (χ4v) is 0.795. The standard InChI is InChI=1S/C7H8N2O2.HNO3/c8-9-6-4-2-1-3-5(6)7(10)11;2-1(3)4/h1-4,9H,8H2,(H,10,11);(H,2,3,4). The summed E-state index contributed by atoms with van der Waals surface area (Å²) in [6.07, 6.45) is 0. The number of hydrogen-bond donors (Lipinski definition) is 4. The number of nitrogens with zero attached hydrogens (tertiary/aromatic N) is 1. The fraction of sp³-hybridized carbons (Fsp3) is 0. The summed E-state index contributed by atoms with van der Waals surface area (Å²) in [6.45, 7) is 0. The van der Waals surface area contributed by atoms with Crippen molar-refractivity contribution in [1.29, 1.82) is 0 Å². The van der Waals surface area contributed by atoms with Gasteiger partial charge < -0.3 is 15.7 Å². The largest absolute Gasteiger partial charge is 0.478 e. The topological polar surface area (TPSA) is 139 Å². The molecule has 0 saturated heterocycles. The van der Waals surface area contributed by atoms with Crippen molar-refractivity contribution in [1.82, 2.24) is 0 Å². The molecule has 0 unspecified atom stereocenters. The summed E-state index contributed by atoms with van der Waals surface area (Å²) in [5.41, 5.74) is 2.89. The lowest BCUT2D eigenvalue weighted by atomic mass is 10.2. The maximum Gasteiger partial charge on any atom is 0.337 e. The summed E-state index contributed by atoms with van der Waals surface area (Å²) in [4.78, 5) is 18.8. The molecule has 1 rings (SSSR count). The molecule has 0 spiro atoms. The molecule has 0 heterocycles. The Kier molecular flexibility index (Phi) is 5.19. The third-order valence-electron chi connectivity index (χ3n) is 1.31. The van der Waals surface area contributed by atoms with E-state index in [1.54, 1.807) is 18.2 Å². The predicted octanol–water partition coefficient (Wildman–Crippen LogP) is 0.323. The van der Waals surface area contributed by atoms with Crippen LogP contribution in [0.3, 0.4) is 0 Å². The van der Waals surface area contributed by atoms with Gasteiger partial charge in [-0.2, -0.15) is 0 Å². The molecular formula is C7H9N3O5. The first-order valence-corrected chi connectivity index (χ1v) is 3.61. The van der Waals surface area contributed by atoms with Crippen LogP contribution in [0.2, 0.25) is 0 Å². The molecule has 0 aliphatic heterocycles. The van der Waals surface area contributed by atoms with E-state index in [-0.39, 0.29) is 5.56 Å². The van der Waals surface area contributed by atoms with Crippen molar-refractivity contribution in [3.05, 3.63) is 39.9 Å². The molecule has 8 heteroatoms. The van der Waals surface area contributed by atoms with Gasteiger partial charge in [-0.25, -0.2) is 4.79 Å². The minimum Gasteiger partial charge on any atom is -0.478 e. The maximum absolute atomic E-state index is 10.5. The van der Waals surface area contributed by atoms with E-state index >= 15 is 0 Å². The van der Waals surface area contributed by atoms with Crippen LogP contribution in [-0.4, -0.2) is 21.4 Å². The average molecular weight is 215 g/mol. The average Bonchev–Trinajstić information content (AvgIpc) is 2.16. The Morgan fingerprint density at radius 3 is 2.27 bits per heavy atom. The molecule has 0 aliphatic rings. The normalized spacial score (nSPS) is 8.33. The van der Waals surface area contributed by atoms with Crippen molar-refractivity contribution < 1.29 is 20.2 Å². The molecule has 0 fully saturated rings. The predicted molar refractivity (Wildman–Crippen MR) is 50.0 cm³/mol. The van der Waals surface area contributed by atoms with Gasteiger partial charge in [0.1, 0.15) is 0 Å². The van der Waals surface area contributed by atoms with E-state index in [0.29, 0.717) is 5.69 Å². The van der Waals surface area contributed by atoms with Crippen LogP contribution in [0.1, 0.15) is 10.4 Å². The van der Waals surface area contributed by atoms with Gasteiger partial charge in [0.2, 0.25) is 0 Å². The number of hydrogen-bond acceptors (Lipinski definition) is 5. The minimum absolute atomic E-state index is 0.176. The lowest BCUT2D eigenvalue weighted by molar-refractivity contribution is -0.742. The van der Waals surface area contributed by atoms with Crippen molar-refractivity contribution in [2.75, 3.05) is 5.43 Å². The monoisotopic (exact) mass is 215 g/mol.